The van der Waals surface area contributed by atoms with E-state index in [1.807, 2.05) is 12.1 Å². The lowest BCUT2D eigenvalue weighted by atomic mass is 10.1. The van der Waals surface area contributed by atoms with Crippen molar-refractivity contribution in [1.82, 2.24) is 0 Å². The van der Waals surface area contributed by atoms with Gasteiger partial charge in [-0.25, -0.2) is 0 Å². The van der Waals surface area contributed by atoms with Crippen LogP contribution in [0.1, 0.15) is 12.8 Å². The summed E-state index contributed by atoms with van der Waals surface area (Å²) in [7, 11) is 0. The molecule has 1 radical (unpaired) electrons. The van der Waals surface area contributed by atoms with Crippen LogP contribution < -0.4 is 10.6 Å². The lowest BCUT2D eigenvalue weighted by molar-refractivity contribution is 0.353. The molecule has 1 aliphatic heterocycles. The van der Waals surface area contributed by atoms with Gasteiger partial charge in [0.1, 0.15) is 0 Å². The normalized spacial score (nSPS) is 18.5. The van der Waals surface area contributed by atoms with Crippen LogP contribution in [-0.2, 0) is 5.11 Å². The summed E-state index contributed by atoms with van der Waals surface area (Å²) >= 11 is 0. The largest absolute Gasteiger partial charge is 0.368 e. The molecule has 75 valence electrons. The molecule has 1 fully saturated rings. The number of nitrogens with zero attached hydrogens (tertiary/aromatic N) is 1. The van der Waals surface area contributed by atoms with E-state index in [9.17, 15) is 5.11 Å². The summed E-state index contributed by atoms with van der Waals surface area (Å²) in [5.41, 5.74) is 6.63. The van der Waals surface area contributed by atoms with Crippen LogP contribution in [0.3, 0.4) is 0 Å². The maximum absolute atomic E-state index is 11.5. The minimum absolute atomic E-state index is 0.114. The monoisotopic (exact) mass is 191 g/mol. The van der Waals surface area contributed by atoms with Gasteiger partial charge in [-0.1, -0.05) is 12.1 Å². The highest BCUT2D eigenvalue weighted by molar-refractivity contribution is 5.57. The lowest BCUT2D eigenvalue weighted by Gasteiger charge is -2.31. The third-order valence-corrected chi connectivity index (χ3v) is 2.75. The predicted octanol–water partition coefficient (Wildman–Crippen LogP) is 1.76. The maximum atomic E-state index is 11.5. The van der Waals surface area contributed by atoms with E-state index >= 15 is 0 Å². The molecule has 2 rings (SSSR count). The minimum atomic E-state index is 0.114. The van der Waals surface area contributed by atoms with E-state index in [0.717, 1.165) is 31.6 Å². The number of para-hydroxylation sites is 2. The first-order chi connectivity index (χ1) is 6.77. The van der Waals surface area contributed by atoms with Crippen molar-refractivity contribution in [2.45, 2.75) is 18.9 Å². The van der Waals surface area contributed by atoms with Gasteiger partial charge in [0.05, 0.1) is 5.69 Å². The Morgan fingerprint density at radius 2 is 1.86 bits per heavy atom. The number of hydrogen-bond donors (Lipinski definition) is 1. The Hall–Kier alpha value is -1.22. The average Bonchev–Trinajstić information content (AvgIpc) is 2.20. The Bertz CT molecular complexity index is 306. The smallest absolute Gasteiger partial charge is 0.201 e. The number of benzene rings is 1. The zero-order valence-electron chi connectivity index (χ0n) is 8.15. The van der Waals surface area contributed by atoms with Crippen LogP contribution in [0.4, 0.5) is 5.69 Å². The summed E-state index contributed by atoms with van der Waals surface area (Å²) in [5.74, 6) is 0.114. The van der Waals surface area contributed by atoms with Crippen molar-refractivity contribution in [2.75, 3.05) is 18.0 Å². The van der Waals surface area contributed by atoms with E-state index in [2.05, 4.69) is 4.90 Å². The van der Waals surface area contributed by atoms with Gasteiger partial charge in [-0.05, 0) is 25.0 Å². The Kier molecular flexibility index (Phi) is 2.59. The van der Waals surface area contributed by atoms with E-state index in [1.54, 1.807) is 12.1 Å². The average molecular weight is 191 g/mol. The molecular formula is C11H15N2O. The summed E-state index contributed by atoms with van der Waals surface area (Å²) in [6.07, 6.45) is 1.96. The van der Waals surface area contributed by atoms with Crippen LogP contribution in [0.25, 0.3) is 0 Å². The number of rotatable bonds is 1. The van der Waals surface area contributed by atoms with E-state index in [0.29, 0.717) is 6.04 Å². The molecule has 1 saturated heterocycles. The molecular weight excluding hydrogens is 176 g/mol. The molecule has 0 saturated carbocycles. The zero-order chi connectivity index (χ0) is 9.97. The number of piperidine rings is 1. The van der Waals surface area contributed by atoms with Gasteiger partial charge in [0.15, 0.2) is 0 Å². The number of anilines is 1. The van der Waals surface area contributed by atoms with Crippen LogP contribution in [-0.4, -0.2) is 19.1 Å². The third kappa shape index (κ3) is 1.82. The molecule has 1 aromatic rings. The molecule has 0 bridgehead atoms. The van der Waals surface area contributed by atoms with Gasteiger partial charge in [0.2, 0.25) is 5.75 Å². The van der Waals surface area contributed by atoms with Crippen LogP contribution >= 0.6 is 0 Å². The summed E-state index contributed by atoms with van der Waals surface area (Å²) in [5, 5.41) is 11.5. The van der Waals surface area contributed by atoms with Crippen molar-refractivity contribution in [3.05, 3.63) is 24.3 Å². The van der Waals surface area contributed by atoms with Gasteiger partial charge in [-0.15, -0.1) is 0 Å². The summed E-state index contributed by atoms with van der Waals surface area (Å²) in [6.45, 7) is 1.81. The van der Waals surface area contributed by atoms with Crippen molar-refractivity contribution in [1.29, 1.82) is 0 Å². The Morgan fingerprint density at radius 1 is 1.21 bits per heavy atom. The fourth-order valence-corrected chi connectivity index (χ4v) is 1.86. The summed E-state index contributed by atoms with van der Waals surface area (Å²) < 4.78 is 0. The molecule has 2 N–H and O–H groups in total. The molecule has 0 amide bonds. The topological polar surface area (TPSA) is 49.2 Å². The van der Waals surface area contributed by atoms with Crippen molar-refractivity contribution in [2.24, 2.45) is 5.73 Å². The molecule has 1 heterocycles. The Balaban J connectivity index is 2.12. The van der Waals surface area contributed by atoms with E-state index < -0.39 is 0 Å². The van der Waals surface area contributed by atoms with E-state index in [-0.39, 0.29) is 5.75 Å². The van der Waals surface area contributed by atoms with Crippen LogP contribution in [0.15, 0.2) is 24.3 Å². The van der Waals surface area contributed by atoms with E-state index in [1.165, 1.54) is 0 Å². The lowest BCUT2D eigenvalue weighted by Crippen LogP contribution is -2.39. The van der Waals surface area contributed by atoms with Crippen LogP contribution in [0.2, 0.25) is 0 Å². The molecule has 0 aromatic heterocycles. The van der Waals surface area contributed by atoms with Crippen molar-refractivity contribution >= 4 is 5.69 Å². The molecule has 3 nitrogen and oxygen atoms in total. The highest BCUT2D eigenvalue weighted by Crippen LogP contribution is 2.28. The van der Waals surface area contributed by atoms with Crippen molar-refractivity contribution in [3.8, 4) is 5.75 Å². The van der Waals surface area contributed by atoms with Crippen LogP contribution in [0, 0.1) is 0 Å². The molecule has 1 aliphatic rings. The van der Waals surface area contributed by atoms with Gasteiger partial charge >= 0.3 is 0 Å². The highest BCUT2D eigenvalue weighted by atomic mass is 16.3. The fraction of sp³-hybridized carbons (Fsp3) is 0.455. The molecule has 0 unspecified atom stereocenters. The number of hydrogen-bond acceptors (Lipinski definition) is 2. The van der Waals surface area contributed by atoms with Gasteiger partial charge < -0.3 is 10.6 Å². The van der Waals surface area contributed by atoms with E-state index in [4.69, 9.17) is 5.73 Å². The molecule has 14 heavy (non-hydrogen) atoms. The van der Waals surface area contributed by atoms with Gasteiger partial charge in [0.25, 0.3) is 0 Å². The zero-order valence-corrected chi connectivity index (χ0v) is 8.15. The van der Waals surface area contributed by atoms with Crippen molar-refractivity contribution in [3.63, 3.8) is 0 Å². The summed E-state index contributed by atoms with van der Waals surface area (Å²) in [6, 6.07) is 7.50. The Morgan fingerprint density at radius 3 is 2.50 bits per heavy atom. The van der Waals surface area contributed by atoms with Crippen molar-refractivity contribution < 1.29 is 5.11 Å². The summed E-state index contributed by atoms with van der Waals surface area (Å²) in [4.78, 5) is 2.13. The SMILES string of the molecule is NC1CCN(c2ccccc2[O])CC1. The minimum Gasteiger partial charge on any atom is -0.368 e. The maximum Gasteiger partial charge on any atom is 0.201 e. The highest BCUT2D eigenvalue weighted by Gasteiger charge is 2.18. The van der Waals surface area contributed by atoms with Gasteiger partial charge in [-0.3, -0.25) is 5.11 Å². The molecule has 0 atom stereocenters. The van der Waals surface area contributed by atoms with Gasteiger partial charge in [-0.2, -0.15) is 0 Å². The second-order valence-corrected chi connectivity index (χ2v) is 3.79. The third-order valence-electron chi connectivity index (χ3n) is 2.75. The second kappa shape index (κ2) is 3.88. The predicted molar refractivity (Wildman–Crippen MR) is 56.0 cm³/mol. The first-order valence-corrected chi connectivity index (χ1v) is 5.04. The first-order valence-electron chi connectivity index (χ1n) is 5.04. The fourth-order valence-electron chi connectivity index (χ4n) is 1.86. The number of nitrogens with two attached hydrogens (primary N) is 1. The second-order valence-electron chi connectivity index (χ2n) is 3.79. The first kappa shape index (κ1) is 9.34. The molecule has 0 spiro atoms. The van der Waals surface area contributed by atoms with Gasteiger partial charge in [0, 0.05) is 19.1 Å². The molecule has 1 aromatic carbocycles. The Labute approximate surface area is 84.1 Å². The standard InChI is InChI=1S/C11H15N2O/c12-9-5-7-13(8-6-9)10-3-1-2-4-11(10)14/h1-4,9H,5-8,12H2. The molecule has 0 aliphatic carbocycles. The van der Waals surface area contributed by atoms with Crippen LogP contribution in [0.5, 0.6) is 5.75 Å². The molecule has 3 heteroatoms. The quantitative estimate of drug-likeness (QED) is 0.735.